The third-order valence-corrected chi connectivity index (χ3v) is 5.31. The lowest BCUT2D eigenvalue weighted by Crippen LogP contribution is -2.52. The highest BCUT2D eigenvalue weighted by Gasteiger charge is 2.44. The van der Waals surface area contributed by atoms with E-state index in [1.54, 1.807) is 60.9 Å². The van der Waals surface area contributed by atoms with E-state index in [-0.39, 0.29) is 12.1 Å². The van der Waals surface area contributed by atoms with Crippen LogP contribution in [0.15, 0.2) is 60.9 Å². The molecule has 1 aliphatic heterocycles. The van der Waals surface area contributed by atoms with E-state index in [0.717, 1.165) is 4.90 Å². The summed E-state index contributed by atoms with van der Waals surface area (Å²) in [5, 5.41) is 3.12. The normalized spacial score (nSPS) is 17.9. The van der Waals surface area contributed by atoms with Crippen molar-refractivity contribution in [2.45, 2.75) is 12.3 Å². The van der Waals surface area contributed by atoms with Gasteiger partial charge in [0.05, 0.1) is 12.5 Å². The van der Waals surface area contributed by atoms with Crippen molar-refractivity contribution in [2.24, 2.45) is 5.92 Å². The number of H-pyrrole nitrogens is 1. The number of rotatable bonds is 4. The lowest BCUT2D eigenvalue weighted by Gasteiger charge is -2.37. The van der Waals surface area contributed by atoms with Crippen molar-refractivity contribution < 1.29 is 18.4 Å². The highest BCUT2D eigenvalue weighted by atomic mass is 35.5. The molecule has 0 bridgehead atoms. The first-order valence-electron chi connectivity index (χ1n) is 9.64. The van der Waals surface area contributed by atoms with Gasteiger partial charge >= 0.3 is 0 Å². The monoisotopic (exact) mass is 444 g/mol. The molecule has 0 radical (unpaired) electrons. The van der Waals surface area contributed by atoms with E-state index >= 15 is 0 Å². The summed E-state index contributed by atoms with van der Waals surface area (Å²) in [7, 11) is 0. The van der Waals surface area contributed by atoms with E-state index in [1.807, 2.05) is 0 Å². The molecule has 1 atom stereocenters. The van der Waals surface area contributed by atoms with Crippen molar-refractivity contribution in [3.05, 3.63) is 71.5 Å². The number of nitrogens with one attached hydrogen (secondary N) is 2. The number of carbonyl (C=O) groups is 2. The van der Waals surface area contributed by atoms with Crippen LogP contribution in [0.4, 0.5) is 14.5 Å². The van der Waals surface area contributed by atoms with Gasteiger partial charge in [-0.1, -0.05) is 23.7 Å². The van der Waals surface area contributed by atoms with Crippen molar-refractivity contribution in [3.8, 4) is 11.4 Å². The van der Waals surface area contributed by atoms with Crippen LogP contribution in [0.5, 0.6) is 0 Å². The molecule has 2 amide bonds. The Balaban J connectivity index is 1.51. The summed E-state index contributed by atoms with van der Waals surface area (Å²) < 4.78 is 28.9. The average Bonchev–Trinajstić information content (AvgIpc) is 3.29. The maximum atomic E-state index is 14.4. The topological polar surface area (TPSA) is 78.1 Å². The Kier molecular flexibility index (Phi) is 5.73. The first-order chi connectivity index (χ1) is 14.8. The van der Waals surface area contributed by atoms with E-state index in [2.05, 4.69) is 15.3 Å². The minimum Gasteiger partial charge on any atom is -0.345 e. The molecule has 6 nitrogen and oxygen atoms in total. The van der Waals surface area contributed by atoms with Gasteiger partial charge in [-0.15, -0.1) is 0 Å². The molecule has 0 aliphatic carbocycles. The summed E-state index contributed by atoms with van der Waals surface area (Å²) in [5.41, 5.74) is 1.37. The Bertz CT molecular complexity index is 1090. The van der Waals surface area contributed by atoms with Gasteiger partial charge in [0.25, 0.3) is 11.8 Å². The molecule has 9 heteroatoms. The van der Waals surface area contributed by atoms with Gasteiger partial charge in [-0.05, 0) is 36.4 Å². The summed E-state index contributed by atoms with van der Waals surface area (Å²) in [6, 6.07) is 12.9. The molecule has 2 N–H and O–H groups in total. The fourth-order valence-corrected chi connectivity index (χ4v) is 3.74. The van der Waals surface area contributed by atoms with E-state index < -0.39 is 36.6 Å². The number of carbonyl (C=O) groups excluding carboxylic acids is 2. The number of piperidine rings is 1. The molecule has 4 rings (SSSR count). The van der Waals surface area contributed by atoms with Crippen LogP contribution in [0.3, 0.4) is 0 Å². The van der Waals surface area contributed by atoms with Crippen LogP contribution in [0.25, 0.3) is 11.4 Å². The second-order valence-corrected chi connectivity index (χ2v) is 7.89. The van der Waals surface area contributed by atoms with Crippen molar-refractivity contribution in [1.29, 1.82) is 0 Å². The number of likely N-dealkylation sites (tertiary alicyclic amines) is 1. The van der Waals surface area contributed by atoms with Crippen LogP contribution < -0.4 is 5.32 Å². The summed E-state index contributed by atoms with van der Waals surface area (Å²) in [6.07, 6.45) is 2.61. The molecule has 1 aromatic heterocycles. The van der Waals surface area contributed by atoms with Crippen LogP contribution in [0, 0.1) is 5.92 Å². The zero-order valence-corrected chi connectivity index (χ0v) is 17.1. The molecule has 1 unspecified atom stereocenters. The van der Waals surface area contributed by atoms with Gasteiger partial charge in [-0.2, -0.15) is 0 Å². The first kappa shape index (κ1) is 21.0. The summed E-state index contributed by atoms with van der Waals surface area (Å²) >= 11 is 5.83. The van der Waals surface area contributed by atoms with Crippen LogP contribution in [0.1, 0.15) is 16.8 Å². The minimum absolute atomic E-state index is 0.0984. The Hall–Kier alpha value is -3.26. The number of aromatic nitrogens is 2. The standard InChI is InChI=1S/C22H19ClF2N4O2/c23-17-4-6-18(7-5-17)28-20(30)16-11-22(24,25)13-29(12-16)21(31)15-3-1-2-14(10-15)19-26-8-9-27-19/h1-10,16H,11-13H2,(H,26,27)(H,28,30). The van der Waals surface area contributed by atoms with Crippen molar-refractivity contribution in [3.63, 3.8) is 0 Å². The van der Waals surface area contributed by atoms with Gasteiger partial charge < -0.3 is 15.2 Å². The second-order valence-electron chi connectivity index (χ2n) is 7.46. The van der Waals surface area contributed by atoms with E-state index in [4.69, 9.17) is 11.6 Å². The van der Waals surface area contributed by atoms with Gasteiger partial charge in [0.1, 0.15) is 5.82 Å². The van der Waals surface area contributed by atoms with Gasteiger partial charge in [-0.25, -0.2) is 13.8 Å². The predicted octanol–water partition coefficient (Wildman–Crippen LogP) is 4.47. The third kappa shape index (κ3) is 4.91. The zero-order valence-electron chi connectivity index (χ0n) is 16.3. The number of aromatic amines is 1. The maximum Gasteiger partial charge on any atom is 0.266 e. The number of amides is 2. The first-order valence-corrected chi connectivity index (χ1v) is 10.0. The fourth-order valence-electron chi connectivity index (χ4n) is 3.61. The number of alkyl halides is 2. The molecule has 2 aromatic carbocycles. The lowest BCUT2D eigenvalue weighted by molar-refractivity contribution is -0.130. The van der Waals surface area contributed by atoms with Crippen molar-refractivity contribution >= 4 is 29.1 Å². The fraction of sp³-hybridized carbons (Fsp3) is 0.227. The number of imidazole rings is 1. The Labute approximate surface area is 182 Å². The van der Waals surface area contributed by atoms with Crippen molar-refractivity contribution in [2.75, 3.05) is 18.4 Å². The molecule has 1 aliphatic rings. The smallest absolute Gasteiger partial charge is 0.266 e. The van der Waals surface area contributed by atoms with Gasteiger partial charge in [0, 0.05) is 47.2 Å². The van der Waals surface area contributed by atoms with E-state index in [1.165, 1.54) is 0 Å². The number of halogens is 3. The summed E-state index contributed by atoms with van der Waals surface area (Å²) in [6.45, 7) is -0.833. The van der Waals surface area contributed by atoms with E-state index in [0.29, 0.717) is 22.1 Å². The highest BCUT2D eigenvalue weighted by Crippen LogP contribution is 2.32. The van der Waals surface area contributed by atoms with Gasteiger partial charge in [0.15, 0.2) is 0 Å². The Morgan fingerprint density at radius 3 is 2.68 bits per heavy atom. The Morgan fingerprint density at radius 1 is 1.19 bits per heavy atom. The molecule has 0 spiro atoms. The molecule has 1 fully saturated rings. The number of benzene rings is 2. The number of hydrogen-bond donors (Lipinski definition) is 2. The van der Waals surface area contributed by atoms with E-state index in [9.17, 15) is 18.4 Å². The minimum atomic E-state index is -3.17. The van der Waals surface area contributed by atoms with Gasteiger partial charge in [-0.3, -0.25) is 9.59 Å². The van der Waals surface area contributed by atoms with Crippen LogP contribution in [-0.4, -0.2) is 45.7 Å². The number of nitrogens with zero attached hydrogens (tertiary/aromatic N) is 2. The SMILES string of the molecule is O=C(Nc1ccc(Cl)cc1)C1CN(C(=O)c2cccc(-c3ncc[nH]3)c2)CC(F)(F)C1. The quantitative estimate of drug-likeness (QED) is 0.623. The molecule has 3 aromatic rings. The van der Waals surface area contributed by atoms with Crippen molar-refractivity contribution in [1.82, 2.24) is 14.9 Å². The molecule has 2 heterocycles. The highest BCUT2D eigenvalue weighted by molar-refractivity contribution is 6.30. The number of anilines is 1. The lowest BCUT2D eigenvalue weighted by atomic mass is 9.93. The average molecular weight is 445 g/mol. The summed E-state index contributed by atoms with van der Waals surface area (Å²) in [5.74, 6) is -4.77. The molecular weight excluding hydrogens is 426 g/mol. The van der Waals surface area contributed by atoms with Crippen LogP contribution in [0.2, 0.25) is 5.02 Å². The predicted molar refractivity (Wildman–Crippen MR) is 113 cm³/mol. The van der Waals surface area contributed by atoms with Crippen LogP contribution >= 0.6 is 11.6 Å². The molecule has 160 valence electrons. The molecular formula is C22H19ClF2N4O2. The largest absolute Gasteiger partial charge is 0.345 e. The maximum absolute atomic E-state index is 14.4. The molecule has 0 saturated carbocycles. The second kappa shape index (κ2) is 8.47. The summed E-state index contributed by atoms with van der Waals surface area (Å²) in [4.78, 5) is 33.7. The number of hydrogen-bond acceptors (Lipinski definition) is 3. The zero-order chi connectivity index (χ0) is 22.0. The molecule has 31 heavy (non-hydrogen) atoms. The Morgan fingerprint density at radius 2 is 1.97 bits per heavy atom. The van der Waals surface area contributed by atoms with Gasteiger partial charge in [0.2, 0.25) is 5.91 Å². The third-order valence-electron chi connectivity index (χ3n) is 5.06. The van der Waals surface area contributed by atoms with Crippen LogP contribution in [-0.2, 0) is 4.79 Å². The molecule has 1 saturated heterocycles.